The molecule has 0 aliphatic carbocycles. The highest BCUT2D eigenvalue weighted by Gasteiger charge is 2.28. The van der Waals surface area contributed by atoms with Gasteiger partial charge in [0.05, 0.1) is 17.2 Å². The quantitative estimate of drug-likeness (QED) is 0.430. The van der Waals surface area contributed by atoms with Gasteiger partial charge in [0.15, 0.2) is 5.82 Å². The van der Waals surface area contributed by atoms with Crippen molar-refractivity contribution in [3.8, 4) is 0 Å². The molecule has 0 spiro atoms. The van der Waals surface area contributed by atoms with Gasteiger partial charge in [-0.15, -0.1) is 0 Å². The van der Waals surface area contributed by atoms with Gasteiger partial charge < -0.3 is 25.0 Å². The molecule has 9 nitrogen and oxygen atoms in total. The maximum Gasteiger partial charge on any atom is 0.362 e. The van der Waals surface area contributed by atoms with Gasteiger partial charge in [-0.1, -0.05) is 23.7 Å². The number of halogens is 1. The van der Waals surface area contributed by atoms with Crippen molar-refractivity contribution in [2.24, 2.45) is 0 Å². The first-order valence-electron chi connectivity index (χ1n) is 9.10. The molecule has 3 N–H and O–H groups in total. The van der Waals surface area contributed by atoms with E-state index in [1.165, 1.54) is 20.4 Å². The fourth-order valence-corrected chi connectivity index (χ4v) is 4.09. The third-order valence-electron chi connectivity index (χ3n) is 4.31. The lowest BCUT2D eigenvalue weighted by molar-refractivity contribution is 0.0963. The van der Waals surface area contributed by atoms with Crippen LogP contribution in [0, 0.1) is 0 Å². The summed E-state index contributed by atoms with van der Waals surface area (Å²) in [6, 6.07) is 13.7. The molecule has 1 amide bonds. The maximum atomic E-state index is 12.9. The summed E-state index contributed by atoms with van der Waals surface area (Å²) >= 11 is 6.26. The first-order valence-corrected chi connectivity index (χ1v) is 11.0. The summed E-state index contributed by atoms with van der Waals surface area (Å²) < 4.78 is 23.1. The van der Waals surface area contributed by atoms with E-state index in [-0.39, 0.29) is 16.9 Å². The van der Waals surface area contributed by atoms with Crippen LogP contribution in [0.3, 0.4) is 0 Å². The molecular weight excluding hydrogens is 441 g/mol. The molecule has 0 bridgehead atoms. The molecule has 11 heteroatoms. The minimum absolute atomic E-state index is 0.177. The van der Waals surface area contributed by atoms with Crippen molar-refractivity contribution < 1.29 is 18.4 Å². The molecular formula is C20H21ClN5O4P. The molecule has 1 heterocycles. The second-order valence-electron chi connectivity index (χ2n) is 6.18. The van der Waals surface area contributed by atoms with E-state index >= 15 is 0 Å². The molecule has 3 rings (SSSR count). The van der Waals surface area contributed by atoms with Gasteiger partial charge in [-0.2, -0.15) is 4.98 Å². The highest BCUT2D eigenvalue weighted by Crippen LogP contribution is 2.47. The van der Waals surface area contributed by atoms with E-state index in [9.17, 15) is 9.36 Å². The molecule has 1 aromatic heterocycles. The van der Waals surface area contributed by atoms with E-state index in [1.54, 1.807) is 55.6 Å². The number of nitrogens with one attached hydrogen (secondary N) is 3. The molecule has 0 aliphatic heterocycles. The van der Waals surface area contributed by atoms with Crippen molar-refractivity contribution in [1.82, 2.24) is 15.3 Å². The molecule has 0 saturated heterocycles. The van der Waals surface area contributed by atoms with Crippen LogP contribution in [-0.2, 0) is 13.6 Å². The summed E-state index contributed by atoms with van der Waals surface area (Å²) in [5, 5.41) is 9.29. The summed E-state index contributed by atoms with van der Waals surface area (Å²) in [6.07, 6.45) is 1.44. The SMILES string of the molecule is CNC(=O)c1ccc(Nc2ncc(Cl)c(Nc3ccccc3P(=O)(OC)OC)n2)cc1. The number of carbonyl (C=O) groups is 1. The highest BCUT2D eigenvalue weighted by molar-refractivity contribution is 7.62. The first-order chi connectivity index (χ1) is 14.9. The van der Waals surface area contributed by atoms with Crippen LogP contribution in [0.15, 0.2) is 54.7 Å². The number of carbonyl (C=O) groups excluding carboxylic acids is 1. The molecule has 0 saturated carbocycles. The Hall–Kier alpha value is -2.97. The van der Waals surface area contributed by atoms with Gasteiger partial charge in [-0.3, -0.25) is 9.36 Å². The zero-order valence-corrected chi connectivity index (χ0v) is 18.7. The van der Waals surface area contributed by atoms with Gasteiger partial charge in [-0.05, 0) is 36.4 Å². The van der Waals surface area contributed by atoms with Crippen LogP contribution in [-0.4, -0.2) is 37.1 Å². The molecule has 0 atom stereocenters. The van der Waals surface area contributed by atoms with Crippen molar-refractivity contribution >= 4 is 53.5 Å². The van der Waals surface area contributed by atoms with Crippen LogP contribution in [0.25, 0.3) is 0 Å². The van der Waals surface area contributed by atoms with Crippen LogP contribution in [0.4, 0.5) is 23.1 Å². The van der Waals surface area contributed by atoms with Gasteiger partial charge in [0.2, 0.25) is 5.95 Å². The zero-order chi connectivity index (χ0) is 22.4. The van der Waals surface area contributed by atoms with E-state index in [2.05, 4.69) is 25.9 Å². The number of benzene rings is 2. The number of para-hydroxylation sites is 1. The number of aromatic nitrogens is 2. The second kappa shape index (κ2) is 9.89. The Morgan fingerprint density at radius 2 is 1.71 bits per heavy atom. The van der Waals surface area contributed by atoms with Crippen LogP contribution >= 0.6 is 19.2 Å². The number of hydrogen-bond acceptors (Lipinski definition) is 8. The Balaban J connectivity index is 1.86. The van der Waals surface area contributed by atoms with Gasteiger partial charge in [0, 0.05) is 32.5 Å². The third kappa shape index (κ3) is 5.21. The topological polar surface area (TPSA) is 114 Å². The van der Waals surface area contributed by atoms with Crippen molar-refractivity contribution in [1.29, 1.82) is 0 Å². The van der Waals surface area contributed by atoms with Crippen LogP contribution in [0.2, 0.25) is 5.02 Å². The van der Waals surface area contributed by atoms with E-state index in [4.69, 9.17) is 20.6 Å². The van der Waals surface area contributed by atoms with Gasteiger partial charge in [-0.25, -0.2) is 4.98 Å². The monoisotopic (exact) mass is 461 g/mol. The summed E-state index contributed by atoms with van der Waals surface area (Å²) in [7, 11) is 0.699. The first kappa shape index (κ1) is 22.7. The number of nitrogens with zero attached hydrogens (tertiary/aromatic N) is 2. The second-order valence-corrected chi connectivity index (χ2v) is 8.79. The summed E-state index contributed by atoms with van der Waals surface area (Å²) in [6.45, 7) is 0. The smallest absolute Gasteiger partial charge is 0.355 e. The predicted molar refractivity (Wildman–Crippen MR) is 121 cm³/mol. The van der Waals surface area contributed by atoms with Crippen LogP contribution < -0.4 is 21.3 Å². The molecule has 2 aromatic carbocycles. The molecule has 0 unspecified atom stereocenters. The van der Waals surface area contributed by atoms with Crippen molar-refractivity contribution in [2.75, 3.05) is 31.9 Å². The number of anilines is 4. The van der Waals surface area contributed by atoms with Crippen molar-refractivity contribution in [3.63, 3.8) is 0 Å². The Morgan fingerprint density at radius 3 is 2.35 bits per heavy atom. The van der Waals surface area contributed by atoms with E-state index in [1.807, 2.05) is 0 Å². The van der Waals surface area contributed by atoms with E-state index in [0.29, 0.717) is 28.1 Å². The minimum atomic E-state index is -3.50. The summed E-state index contributed by atoms with van der Waals surface area (Å²) in [4.78, 5) is 20.2. The van der Waals surface area contributed by atoms with Crippen molar-refractivity contribution in [3.05, 3.63) is 65.3 Å². The van der Waals surface area contributed by atoms with Gasteiger partial charge in [0.1, 0.15) is 5.02 Å². The molecule has 3 aromatic rings. The van der Waals surface area contributed by atoms with Crippen molar-refractivity contribution in [2.45, 2.75) is 0 Å². The average molecular weight is 462 g/mol. The number of rotatable bonds is 8. The molecule has 0 aliphatic rings. The number of amides is 1. The Bertz CT molecular complexity index is 1120. The Kier molecular flexibility index (Phi) is 7.25. The molecule has 0 fully saturated rings. The third-order valence-corrected chi connectivity index (χ3v) is 6.53. The summed E-state index contributed by atoms with van der Waals surface area (Å²) in [5.74, 6) is 0.398. The fourth-order valence-electron chi connectivity index (χ4n) is 2.71. The largest absolute Gasteiger partial charge is 0.362 e. The summed E-state index contributed by atoms with van der Waals surface area (Å²) in [5.41, 5.74) is 1.69. The molecule has 31 heavy (non-hydrogen) atoms. The Labute approximate surface area is 184 Å². The van der Waals surface area contributed by atoms with Gasteiger partial charge in [0.25, 0.3) is 5.91 Å². The lowest BCUT2D eigenvalue weighted by atomic mass is 10.2. The van der Waals surface area contributed by atoms with Crippen LogP contribution in [0.5, 0.6) is 0 Å². The fraction of sp³-hybridized carbons (Fsp3) is 0.150. The Morgan fingerprint density at radius 1 is 1.03 bits per heavy atom. The molecule has 162 valence electrons. The number of hydrogen-bond donors (Lipinski definition) is 3. The normalized spacial score (nSPS) is 11.1. The average Bonchev–Trinajstić information content (AvgIpc) is 2.81. The predicted octanol–water partition coefficient (Wildman–Crippen LogP) is 4.09. The molecule has 0 radical (unpaired) electrons. The highest BCUT2D eigenvalue weighted by atomic mass is 35.5. The van der Waals surface area contributed by atoms with Crippen LogP contribution in [0.1, 0.15) is 10.4 Å². The van der Waals surface area contributed by atoms with Gasteiger partial charge >= 0.3 is 7.60 Å². The zero-order valence-electron chi connectivity index (χ0n) is 17.0. The lowest BCUT2D eigenvalue weighted by Gasteiger charge is -2.18. The van der Waals surface area contributed by atoms with E-state index < -0.39 is 7.60 Å². The minimum Gasteiger partial charge on any atom is -0.355 e. The standard InChI is InChI=1S/C20H21ClN5O4P/c1-22-19(27)13-8-10-14(11-9-13)24-20-23-12-15(21)18(26-20)25-16-6-4-5-7-17(16)31(28,29-2)30-3/h4-12H,1-3H3,(H,22,27)(H2,23,24,25,26). The van der Waals surface area contributed by atoms with E-state index in [0.717, 1.165) is 0 Å². The lowest BCUT2D eigenvalue weighted by Crippen LogP contribution is -2.17. The maximum absolute atomic E-state index is 12.9.